The molecule has 11 heteroatoms. The van der Waals surface area contributed by atoms with Crippen LogP contribution in [0.4, 0.5) is 18.0 Å². The van der Waals surface area contributed by atoms with Crippen molar-refractivity contribution in [2.75, 3.05) is 26.2 Å². The van der Waals surface area contributed by atoms with E-state index >= 15 is 0 Å². The van der Waals surface area contributed by atoms with Crippen LogP contribution in [0.15, 0.2) is 42.5 Å². The average molecular weight is 473 g/mol. The highest BCUT2D eigenvalue weighted by molar-refractivity contribution is 5.97. The Labute approximate surface area is 192 Å². The average Bonchev–Trinajstić information content (AvgIpc) is 3.28. The zero-order valence-corrected chi connectivity index (χ0v) is 18.1. The predicted molar refractivity (Wildman–Crippen MR) is 115 cm³/mol. The number of aromatic nitrogens is 3. The molecule has 5 rings (SSSR count). The van der Waals surface area contributed by atoms with Crippen LogP contribution in [-0.4, -0.2) is 63.4 Å². The number of halogens is 3. The van der Waals surface area contributed by atoms with Crippen molar-refractivity contribution in [2.24, 2.45) is 5.41 Å². The molecular weight excluding hydrogens is 451 g/mol. The van der Waals surface area contributed by atoms with Crippen LogP contribution >= 0.6 is 0 Å². The number of amides is 2. The summed E-state index contributed by atoms with van der Waals surface area (Å²) in [4.78, 5) is 28.6. The predicted octanol–water partition coefficient (Wildman–Crippen LogP) is 3.85. The standard InChI is InChI=1S/C23H22F3N5O3/c24-23(25,26)17-4-1-15(2-5-17)12-34-21(33)30-9-7-22(8-10-30)13-31(14-22)20(32)16-3-6-18-19(11-16)28-29-27-18/h1-6,11H,7-10,12-14H2,(H,27,28,29). The Kier molecular flexibility index (Phi) is 5.41. The number of aromatic amines is 1. The number of carbonyl (C=O) groups is 2. The lowest BCUT2D eigenvalue weighted by Gasteiger charge is -2.53. The van der Waals surface area contributed by atoms with Gasteiger partial charge in [-0.25, -0.2) is 4.79 Å². The second kappa shape index (κ2) is 8.30. The van der Waals surface area contributed by atoms with E-state index in [-0.39, 0.29) is 17.9 Å². The zero-order chi connectivity index (χ0) is 23.9. The molecule has 8 nitrogen and oxygen atoms in total. The van der Waals surface area contributed by atoms with E-state index in [1.165, 1.54) is 12.1 Å². The van der Waals surface area contributed by atoms with E-state index in [0.717, 1.165) is 30.5 Å². The number of hydrogen-bond donors (Lipinski definition) is 1. The molecule has 0 atom stereocenters. The van der Waals surface area contributed by atoms with Crippen LogP contribution in [-0.2, 0) is 17.5 Å². The maximum absolute atomic E-state index is 12.8. The highest BCUT2D eigenvalue weighted by Crippen LogP contribution is 2.41. The van der Waals surface area contributed by atoms with Gasteiger partial charge in [-0.1, -0.05) is 17.3 Å². The Balaban J connectivity index is 1.09. The van der Waals surface area contributed by atoms with Gasteiger partial charge in [0.05, 0.1) is 11.1 Å². The fourth-order valence-corrected chi connectivity index (χ4v) is 4.57. The van der Waals surface area contributed by atoms with E-state index in [2.05, 4.69) is 15.4 Å². The number of benzene rings is 2. The number of carbonyl (C=O) groups excluding carboxylic acids is 2. The normalized spacial score (nSPS) is 17.6. The molecule has 1 spiro atoms. The molecule has 2 saturated heterocycles. The minimum absolute atomic E-state index is 0.00213. The number of fused-ring (bicyclic) bond motifs is 1. The first-order chi connectivity index (χ1) is 16.2. The maximum atomic E-state index is 12.8. The second-order valence-electron chi connectivity index (χ2n) is 8.94. The van der Waals surface area contributed by atoms with E-state index in [0.29, 0.717) is 42.8 Å². The summed E-state index contributed by atoms with van der Waals surface area (Å²) >= 11 is 0. The molecule has 0 radical (unpaired) electrons. The number of ether oxygens (including phenoxy) is 1. The summed E-state index contributed by atoms with van der Waals surface area (Å²) in [6, 6.07) is 9.82. The van der Waals surface area contributed by atoms with Crippen molar-refractivity contribution in [3.05, 3.63) is 59.2 Å². The first-order valence-electron chi connectivity index (χ1n) is 10.9. The SMILES string of the molecule is O=C(OCc1ccc(C(F)(F)F)cc1)N1CCC2(CC1)CN(C(=O)c1ccc3[nH]nnc3c1)C2. The summed E-state index contributed by atoms with van der Waals surface area (Å²) in [5, 5.41) is 10.4. The van der Waals surface area contributed by atoms with Crippen molar-refractivity contribution in [3.63, 3.8) is 0 Å². The summed E-state index contributed by atoms with van der Waals surface area (Å²) in [6.45, 7) is 2.21. The van der Waals surface area contributed by atoms with E-state index in [9.17, 15) is 22.8 Å². The largest absolute Gasteiger partial charge is 0.445 e. The molecule has 1 aromatic heterocycles. The number of piperidine rings is 1. The van der Waals surface area contributed by atoms with Gasteiger partial charge in [-0.15, -0.1) is 5.10 Å². The molecule has 0 aliphatic carbocycles. The van der Waals surface area contributed by atoms with Crippen molar-refractivity contribution < 1.29 is 27.5 Å². The fourth-order valence-electron chi connectivity index (χ4n) is 4.57. The summed E-state index contributed by atoms with van der Waals surface area (Å²) in [5.41, 5.74) is 1.74. The number of likely N-dealkylation sites (tertiary alicyclic amines) is 2. The summed E-state index contributed by atoms with van der Waals surface area (Å²) in [7, 11) is 0. The van der Waals surface area contributed by atoms with Gasteiger partial charge in [-0.2, -0.15) is 13.2 Å². The minimum Gasteiger partial charge on any atom is -0.445 e. The van der Waals surface area contributed by atoms with Crippen molar-refractivity contribution >= 4 is 23.0 Å². The van der Waals surface area contributed by atoms with E-state index in [1.807, 2.05) is 0 Å². The van der Waals surface area contributed by atoms with Crippen LogP contribution in [0.2, 0.25) is 0 Å². The molecule has 2 aromatic carbocycles. The molecule has 1 N–H and O–H groups in total. The molecule has 2 aliphatic rings. The van der Waals surface area contributed by atoms with E-state index < -0.39 is 17.8 Å². The highest BCUT2D eigenvalue weighted by Gasteiger charge is 2.47. The van der Waals surface area contributed by atoms with E-state index in [1.54, 1.807) is 28.0 Å². The first kappa shape index (κ1) is 22.2. The Morgan fingerprint density at radius 3 is 2.41 bits per heavy atom. The van der Waals surface area contributed by atoms with Crippen molar-refractivity contribution in [1.29, 1.82) is 0 Å². The molecule has 2 fully saturated rings. The molecule has 0 saturated carbocycles. The molecule has 0 unspecified atom stereocenters. The van der Waals surface area contributed by atoms with Gasteiger partial charge < -0.3 is 14.5 Å². The molecule has 178 valence electrons. The molecule has 2 aliphatic heterocycles. The van der Waals surface area contributed by atoms with Gasteiger partial charge in [0, 0.05) is 37.2 Å². The highest BCUT2D eigenvalue weighted by atomic mass is 19.4. The number of nitrogens with zero attached hydrogens (tertiary/aromatic N) is 4. The topological polar surface area (TPSA) is 91.4 Å². The maximum Gasteiger partial charge on any atom is 0.416 e. The number of H-pyrrole nitrogens is 1. The van der Waals surface area contributed by atoms with Gasteiger partial charge in [0.25, 0.3) is 5.91 Å². The fraction of sp³-hybridized carbons (Fsp3) is 0.391. The minimum atomic E-state index is -4.40. The number of alkyl halides is 3. The van der Waals surface area contributed by atoms with Crippen molar-refractivity contribution in [3.8, 4) is 0 Å². The quantitative estimate of drug-likeness (QED) is 0.624. The molecule has 3 aromatic rings. The third kappa shape index (κ3) is 4.29. The van der Waals surface area contributed by atoms with Crippen LogP contribution in [0, 0.1) is 5.41 Å². The van der Waals surface area contributed by atoms with Gasteiger partial charge in [0.1, 0.15) is 12.1 Å². The number of hydrogen-bond acceptors (Lipinski definition) is 5. The van der Waals surface area contributed by atoms with Gasteiger partial charge in [0.2, 0.25) is 0 Å². The molecule has 3 heterocycles. The monoisotopic (exact) mass is 473 g/mol. The summed E-state index contributed by atoms with van der Waals surface area (Å²) in [6.07, 6.45) is -3.36. The number of rotatable bonds is 3. The molecule has 0 bridgehead atoms. The Bertz CT molecular complexity index is 1210. The Morgan fingerprint density at radius 2 is 1.74 bits per heavy atom. The second-order valence-corrected chi connectivity index (χ2v) is 8.94. The lowest BCUT2D eigenvalue weighted by Crippen LogP contribution is -2.62. The van der Waals surface area contributed by atoms with Gasteiger partial charge in [-0.3, -0.25) is 9.89 Å². The van der Waals surface area contributed by atoms with E-state index in [4.69, 9.17) is 4.74 Å². The van der Waals surface area contributed by atoms with Crippen molar-refractivity contribution in [1.82, 2.24) is 25.2 Å². The molecular formula is C23H22F3N5O3. The van der Waals surface area contributed by atoms with Gasteiger partial charge >= 0.3 is 12.3 Å². The Morgan fingerprint density at radius 1 is 1.03 bits per heavy atom. The summed E-state index contributed by atoms with van der Waals surface area (Å²) in [5.74, 6) is -0.0473. The van der Waals surface area contributed by atoms with Crippen LogP contribution in [0.3, 0.4) is 0 Å². The lowest BCUT2D eigenvalue weighted by molar-refractivity contribution is -0.137. The van der Waals surface area contributed by atoms with Gasteiger partial charge in [0.15, 0.2) is 0 Å². The van der Waals surface area contributed by atoms with Crippen LogP contribution < -0.4 is 0 Å². The van der Waals surface area contributed by atoms with Crippen molar-refractivity contribution in [2.45, 2.75) is 25.6 Å². The summed E-state index contributed by atoms with van der Waals surface area (Å²) < 4.78 is 43.2. The first-order valence-corrected chi connectivity index (χ1v) is 10.9. The third-order valence-electron chi connectivity index (χ3n) is 6.64. The molecule has 2 amide bonds. The molecule has 34 heavy (non-hydrogen) atoms. The lowest BCUT2D eigenvalue weighted by atomic mass is 9.72. The zero-order valence-electron chi connectivity index (χ0n) is 18.1. The van der Waals surface area contributed by atoms with Crippen LogP contribution in [0.25, 0.3) is 11.0 Å². The smallest absolute Gasteiger partial charge is 0.416 e. The number of nitrogens with one attached hydrogen (secondary N) is 1. The third-order valence-corrected chi connectivity index (χ3v) is 6.64. The van der Waals surface area contributed by atoms with Gasteiger partial charge in [-0.05, 0) is 48.7 Å². The Hall–Kier alpha value is -3.63. The van der Waals surface area contributed by atoms with Crippen LogP contribution in [0.5, 0.6) is 0 Å². The van der Waals surface area contributed by atoms with Crippen LogP contribution in [0.1, 0.15) is 34.3 Å².